The molecule has 0 aromatic heterocycles. The molecular weight excluding hydrogens is 292 g/mol. The van der Waals surface area contributed by atoms with Crippen LogP contribution in [-0.2, 0) is 14.3 Å². The lowest BCUT2D eigenvalue weighted by atomic mass is 10.2. The molecule has 22 heavy (non-hydrogen) atoms. The highest BCUT2D eigenvalue weighted by atomic mass is 16.6. The summed E-state index contributed by atoms with van der Waals surface area (Å²) in [4.78, 5) is 23.3. The Morgan fingerprint density at radius 2 is 1.86 bits per heavy atom. The van der Waals surface area contributed by atoms with Crippen LogP contribution in [0.1, 0.15) is 13.8 Å². The Hall–Kier alpha value is -2.70. The van der Waals surface area contributed by atoms with E-state index in [0.717, 1.165) is 0 Å². The first-order valence-corrected chi connectivity index (χ1v) is 6.33. The number of methoxy groups -OCH3 is 2. The number of ether oxygens (including phenoxy) is 4. The van der Waals surface area contributed by atoms with E-state index in [4.69, 9.17) is 18.9 Å². The molecule has 0 aliphatic carbocycles. The fraction of sp³-hybridized carbons (Fsp3) is 0.333. The molecule has 7 nitrogen and oxygen atoms in total. The molecule has 1 atom stereocenters. The van der Waals surface area contributed by atoms with E-state index in [9.17, 15) is 14.7 Å². The third-order valence-corrected chi connectivity index (χ3v) is 2.62. The molecule has 0 spiro atoms. The van der Waals surface area contributed by atoms with E-state index in [0.29, 0.717) is 0 Å². The van der Waals surface area contributed by atoms with E-state index in [2.05, 4.69) is 6.58 Å². The van der Waals surface area contributed by atoms with Crippen LogP contribution in [0.3, 0.4) is 0 Å². The van der Waals surface area contributed by atoms with Gasteiger partial charge in [0.25, 0.3) is 0 Å². The topological polar surface area (TPSA) is 91.3 Å². The van der Waals surface area contributed by atoms with Crippen LogP contribution in [0.15, 0.2) is 24.3 Å². The van der Waals surface area contributed by atoms with E-state index in [1.807, 2.05) is 0 Å². The Balaban J connectivity index is 2.93. The molecule has 1 N–H and O–H groups in total. The molecule has 1 aromatic carbocycles. The van der Waals surface area contributed by atoms with Gasteiger partial charge in [-0.2, -0.15) is 0 Å². The van der Waals surface area contributed by atoms with Crippen LogP contribution in [-0.4, -0.2) is 37.4 Å². The predicted molar refractivity (Wildman–Crippen MR) is 77.2 cm³/mol. The van der Waals surface area contributed by atoms with Crippen molar-refractivity contribution in [1.82, 2.24) is 0 Å². The van der Waals surface area contributed by atoms with E-state index < -0.39 is 18.0 Å². The van der Waals surface area contributed by atoms with E-state index in [1.54, 1.807) is 0 Å². The van der Waals surface area contributed by atoms with Crippen molar-refractivity contribution in [2.24, 2.45) is 0 Å². The molecule has 1 aromatic rings. The largest absolute Gasteiger partial charge is 0.504 e. The number of carbonyl (C=O) groups excluding carboxylic acids is 2. The molecule has 1 unspecified atom stereocenters. The minimum Gasteiger partial charge on any atom is -0.504 e. The summed E-state index contributed by atoms with van der Waals surface area (Å²) in [5.74, 6) is -1.61. The van der Waals surface area contributed by atoms with Gasteiger partial charge in [0.1, 0.15) is 5.75 Å². The minimum absolute atomic E-state index is 0.0347. The SMILES string of the molecule is C=C(C)C(=O)OC(C)C(=O)Oc1cc(OC)cc(O)c1OC. The number of benzene rings is 1. The quantitative estimate of drug-likeness (QED) is 0.487. The van der Waals surface area contributed by atoms with Crippen molar-refractivity contribution >= 4 is 11.9 Å². The maximum atomic E-state index is 11.9. The summed E-state index contributed by atoms with van der Waals surface area (Å²) >= 11 is 0. The zero-order valence-corrected chi connectivity index (χ0v) is 12.8. The molecule has 0 radical (unpaired) electrons. The average molecular weight is 310 g/mol. The van der Waals surface area contributed by atoms with Crippen molar-refractivity contribution < 1.29 is 33.6 Å². The second kappa shape index (κ2) is 7.35. The van der Waals surface area contributed by atoms with E-state index in [-0.39, 0.29) is 28.6 Å². The van der Waals surface area contributed by atoms with Gasteiger partial charge in [0.05, 0.1) is 14.2 Å². The molecule has 1 rings (SSSR count). The maximum Gasteiger partial charge on any atom is 0.352 e. The third kappa shape index (κ3) is 4.15. The minimum atomic E-state index is -1.15. The summed E-state index contributed by atoms with van der Waals surface area (Å²) in [6.45, 7) is 6.24. The number of esters is 2. The zero-order valence-electron chi connectivity index (χ0n) is 12.8. The first-order valence-electron chi connectivity index (χ1n) is 6.33. The molecule has 0 aliphatic heterocycles. The van der Waals surface area contributed by atoms with Crippen LogP contribution in [0.2, 0.25) is 0 Å². The van der Waals surface area contributed by atoms with Gasteiger partial charge in [-0.1, -0.05) is 6.58 Å². The van der Waals surface area contributed by atoms with Gasteiger partial charge >= 0.3 is 11.9 Å². The molecule has 7 heteroatoms. The molecule has 0 heterocycles. The molecular formula is C15H18O7. The average Bonchev–Trinajstić information content (AvgIpc) is 2.46. The lowest BCUT2D eigenvalue weighted by Gasteiger charge is -2.15. The van der Waals surface area contributed by atoms with Crippen LogP contribution in [0, 0.1) is 0 Å². The Labute approximate surface area is 128 Å². The van der Waals surface area contributed by atoms with Gasteiger partial charge in [-0.05, 0) is 13.8 Å². The van der Waals surface area contributed by atoms with Gasteiger partial charge in [0.15, 0.2) is 17.6 Å². The van der Waals surface area contributed by atoms with Gasteiger partial charge in [-0.15, -0.1) is 0 Å². The van der Waals surface area contributed by atoms with Crippen molar-refractivity contribution in [2.75, 3.05) is 14.2 Å². The highest BCUT2D eigenvalue weighted by Crippen LogP contribution is 2.40. The first kappa shape index (κ1) is 17.4. The predicted octanol–water partition coefficient (Wildman–Crippen LogP) is 1.82. The third-order valence-electron chi connectivity index (χ3n) is 2.62. The molecule has 0 amide bonds. The lowest BCUT2D eigenvalue weighted by molar-refractivity contribution is -0.158. The van der Waals surface area contributed by atoms with Crippen LogP contribution in [0.4, 0.5) is 0 Å². The summed E-state index contributed by atoms with van der Waals surface area (Å²) in [6.07, 6.45) is -1.15. The van der Waals surface area contributed by atoms with Crippen molar-refractivity contribution in [1.29, 1.82) is 0 Å². The first-order chi connectivity index (χ1) is 10.3. The second-order valence-electron chi connectivity index (χ2n) is 4.43. The highest BCUT2D eigenvalue weighted by Gasteiger charge is 2.23. The number of hydrogen-bond acceptors (Lipinski definition) is 7. The van der Waals surface area contributed by atoms with Crippen molar-refractivity contribution in [3.8, 4) is 23.0 Å². The summed E-state index contributed by atoms with van der Waals surface area (Å²) in [5.41, 5.74) is 0.163. The number of aromatic hydroxyl groups is 1. The summed E-state index contributed by atoms with van der Waals surface area (Å²) in [6, 6.07) is 2.67. The van der Waals surface area contributed by atoms with Gasteiger partial charge in [-0.3, -0.25) is 0 Å². The number of phenols is 1. The fourth-order valence-corrected chi connectivity index (χ4v) is 1.46. The van der Waals surface area contributed by atoms with Crippen molar-refractivity contribution in [3.05, 3.63) is 24.3 Å². The normalized spacial score (nSPS) is 11.3. The number of phenolic OH excluding ortho intramolecular Hbond substituents is 1. The van der Waals surface area contributed by atoms with Crippen molar-refractivity contribution in [2.45, 2.75) is 20.0 Å². The number of rotatable bonds is 6. The summed E-state index contributed by atoms with van der Waals surface area (Å²) in [7, 11) is 2.70. The Kier molecular flexibility index (Phi) is 5.80. The second-order valence-corrected chi connectivity index (χ2v) is 4.43. The molecule has 0 fully saturated rings. The van der Waals surface area contributed by atoms with Crippen LogP contribution in [0.25, 0.3) is 0 Å². The summed E-state index contributed by atoms with van der Waals surface area (Å²) < 4.78 is 19.9. The monoisotopic (exact) mass is 310 g/mol. The van der Waals surface area contributed by atoms with Gasteiger partial charge < -0.3 is 24.1 Å². The molecule has 0 saturated carbocycles. The molecule has 0 saturated heterocycles. The molecule has 120 valence electrons. The Morgan fingerprint density at radius 3 is 2.36 bits per heavy atom. The van der Waals surface area contributed by atoms with E-state index in [1.165, 1.54) is 40.2 Å². The number of carbonyl (C=O) groups is 2. The van der Waals surface area contributed by atoms with E-state index >= 15 is 0 Å². The lowest BCUT2D eigenvalue weighted by Crippen LogP contribution is -2.28. The standard InChI is InChI=1S/C15H18O7/c1-8(2)14(17)21-9(3)15(18)22-12-7-10(19-4)6-11(16)13(12)20-5/h6-7,9,16H,1H2,2-5H3. The van der Waals surface area contributed by atoms with Gasteiger partial charge in [0, 0.05) is 17.7 Å². The maximum absolute atomic E-state index is 11.9. The molecule has 0 bridgehead atoms. The Morgan fingerprint density at radius 1 is 1.23 bits per heavy atom. The Bertz CT molecular complexity index is 592. The molecule has 0 aliphatic rings. The van der Waals surface area contributed by atoms with Gasteiger partial charge in [-0.25, -0.2) is 9.59 Å². The van der Waals surface area contributed by atoms with Crippen LogP contribution >= 0.6 is 0 Å². The van der Waals surface area contributed by atoms with Gasteiger partial charge in [0.2, 0.25) is 5.75 Å². The highest BCUT2D eigenvalue weighted by molar-refractivity contribution is 5.89. The summed E-state index contributed by atoms with van der Waals surface area (Å²) in [5, 5.41) is 9.78. The smallest absolute Gasteiger partial charge is 0.352 e. The zero-order chi connectivity index (χ0) is 16.9. The van der Waals surface area contributed by atoms with Crippen molar-refractivity contribution in [3.63, 3.8) is 0 Å². The van der Waals surface area contributed by atoms with Crippen LogP contribution < -0.4 is 14.2 Å². The fourth-order valence-electron chi connectivity index (χ4n) is 1.46. The van der Waals surface area contributed by atoms with Crippen LogP contribution in [0.5, 0.6) is 23.0 Å². The number of hydrogen-bond donors (Lipinski definition) is 1.